The average Bonchev–Trinajstić information content (AvgIpc) is 2.32. The smallest absolute Gasteiger partial charge is 0.213 e. The van der Waals surface area contributed by atoms with Crippen molar-refractivity contribution in [2.75, 3.05) is 6.61 Å². The minimum Gasteiger partial charge on any atom is -0.478 e. The fourth-order valence-corrected chi connectivity index (χ4v) is 1.32. The highest BCUT2D eigenvalue weighted by atomic mass is 16.5. The van der Waals surface area contributed by atoms with Crippen LogP contribution in [0.25, 0.3) is 11.1 Å². The molecular weight excluding hydrogens is 188 g/mol. The summed E-state index contributed by atoms with van der Waals surface area (Å²) in [6.07, 6.45) is 5.37. The van der Waals surface area contributed by atoms with Crippen LogP contribution in [0.4, 0.5) is 0 Å². The van der Waals surface area contributed by atoms with Crippen LogP contribution in [-0.4, -0.2) is 16.6 Å². The second-order valence-corrected chi connectivity index (χ2v) is 3.06. The Morgan fingerprint density at radius 2 is 2.00 bits per heavy atom. The molecule has 0 aromatic carbocycles. The highest BCUT2D eigenvalue weighted by molar-refractivity contribution is 5.61. The molecule has 2 aromatic heterocycles. The lowest BCUT2D eigenvalue weighted by Gasteiger charge is -2.03. The third-order valence-electron chi connectivity index (χ3n) is 2.02. The average molecular weight is 200 g/mol. The van der Waals surface area contributed by atoms with E-state index in [1.807, 2.05) is 37.4 Å². The molecule has 3 heteroatoms. The highest BCUT2D eigenvalue weighted by Gasteiger charge is 1.98. The van der Waals surface area contributed by atoms with Crippen LogP contribution in [0.2, 0.25) is 0 Å². The van der Waals surface area contributed by atoms with Crippen molar-refractivity contribution in [3.8, 4) is 17.0 Å². The topological polar surface area (TPSA) is 35.0 Å². The third-order valence-corrected chi connectivity index (χ3v) is 2.02. The first-order valence-electron chi connectivity index (χ1n) is 4.89. The molecule has 0 atom stereocenters. The summed E-state index contributed by atoms with van der Waals surface area (Å²) < 4.78 is 5.27. The van der Waals surface area contributed by atoms with E-state index in [2.05, 4.69) is 9.97 Å². The van der Waals surface area contributed by atoms with Gasteiger partial charge in [0.25, 0.3) is 0 Å². The molecule has 3 nitrogen and oxygen atoms in total. The molecule has 76 valence electrons. The van der Waals surface area contributed by atoms with Crippen LogP contribution in [0.3, 0.4) is 0 Å². The predicted octanol–water partition coefficient (Wildman–Crippen LogP) is 2.54. The molecule has 0 bridgehead atoms. The van der Waals surface area contributed by atoms with Crippen LogP contribution in [0.1, 0.15) is 6.92 Å². The molecule has 2 rings (SSSR count). The Kier molecular flexibility index (Phi) is 2.93. The molecule has 15 heavy (non-hydrogen) atoms. The summed E-state index contributed by atoms with van der Waals surface area (Å²) in [5.74, 6) is 0.658. The summed E-state index contributed by atoms with van der Waals surface area (Å²) in [5, 5.41) is 0. The molecule has 0 aliphatic carbocycles. The van der Waals surface area contributed by atoms with Gasteiger partial charge in [-0.05, 0) is 19.1 Å². The Morgan fingerprint density at radius 3 is 2.60 bits per heavy atom. The number of ether oxygens (including phenoxy) is 1. The maximum absolute atomic E-state index is 5.27. The van der Waals surface area contributed by atoms with E-state index in [0.717, 1.165) is 11.1 Å². The highest BCUT2D eigenvalue weighted by Crippen LogP contribution is 2.18. The second kappa shape index (κ2) is 4.55. The second-order valence-electron chi connectivity index (χ2n) is 3.06. The molecule has 0 aliphatic heterocycles. The van der Waals surface area contributed by atoms with Crippen molar-refractivity contribution >= 4 is 0 Å². The number of aromatic nitrogens is 2. The van der Waals surface area contributed by atoms with Crippen molar-refractivity contribution in [3.05, 3.63) is 42.9 Å². The molecule has 2 heterocycles. The quantitative estimate of drug-likeness (QED) is 0.763. The van der Waals surface area contributed by atoms with Crippen LogP contribution < -0.4 is 4.74 Å². The largest absolute Gasteiger partial charge is 0.478 e. The van der Waals surface area contributed by atoms with Gasteiger partial charge in [0.15, 0.2) is 0 Å². The van der Waals surface area contributed by atoms with Crippen molar-refractivity contribution in [2.24, 2.45) is 0 Å². The van der Waals surface area contributed by atoms with Crippen LogP contribution in [0, 0.1) is 0 Å². The zero-order valence-electron chi connectivity index (χ0n) is 8.55. The van der Waals surface area contributed by atoms with Crippen LogP contribution in [0.15, 0.2) is 42.9 Å². The van der Waals surface area contributed by atoms with Gasteiger partial charge in [-0.15, -0.1) is 0 Å². The summed E-state index contributed by atoms with van der Waals surface area (Å²) in [4.78, 5) is 8.26. The third kappa shape index (κ3) is 2.31. The van der Waals surface area contributed by atoms with Crippen molar-refractivity contribution in [1.82, 2.24) is 9.97 Å². The van der Waals surface area contributed by atoms with Crippen LogP contribution >= 0.6 is 0 Å². The van der Waals surface area contributed by atoms with Gasteiger partial charge in [-0.3, -0.25) is 4.98 Å². The molecule has 0 unspecified atom stereocenters. The van der Waals surface area contributed by atoms with E-state index in [-0.39, 0.29) is 0 Å². The van der Waals surface area contributed by atoms with Gasteiger partial charge < -0.3 is 4.74 Å². The predicted molar refractivity (Wildman–Crippen MR) is 58.6 cm³/mol. The number of rotatable bonds is 3. The zero-order chi connectivity index (χ0) is 10.5. The molecule has 0 spiro atoms. The molecule has 0 saturated heterocycles. The van der Waals surface area contributed by atoms with E-state index >= 15 is 0 Å². The normalized spacial score (nSPS) is 9.93. The first-order valence-corrected chi connectivity index (χ1v) is 4.89. The molecule has 0 fully saturated rings. The maximum atomic E-state index is 5.27. The lowest BCUT2D eigenvalue weighted by atomic mass is 10.1. The SMILES string of the molecule is CCOc1ccc(-c2cccnc2)cn1. The van der Waals surface area contributed by atoms with Gasteiger partial charge in [0, 0.05) is 35.8 Å². The Morgan fingerprint density at radius 1 is 1.13 bits per heavy atom. The van der Waals surface area contributed by atoms with Crippen LogP contribution in [0.5, 0.6) is 5.88 Å². The van der Waals surface area contributed by atoms with Crippen molar-refractivity contribution < 1.29 is 4.74 Å². The molecule has 0 radical (unpaired) electrons. The van der Waals surface area contributed by atoms with E-state index < -0.39 is 0 Å². The fraction of sp³-hybridized carbons (Fsp3) is 0.167. The standard InChI is InChI=1S/C12H12N2O/c1-2-15-12-6-5-11(9-14-12)10-4-3-7-13-8-10/h3-9H,2H2,1H3. The van der Waals surface area contributed by atoms with E-state index in [1.165, 1.54) is 0 Å². The van der Waals surface area contributed by atoms with Gasteiger partial charge in [0.1, 0.15) is 0 Å². The summed E-state index contributed by atoms with van der Waals surface area (Å²) in [6, 6.07) is 7.76. The van der Waals surface area contributed by atoms with Crippen LogP contribution in [-0.2, 0) is 0 Å². The van der Waals surface area contributed by atoms with Crippen molar-refractivity contribution in [2.45, 2.75) is 6.92 Å². The minimum atomic E-state index is 0.638. The van der Waals surface area contributed by atoms with Gasteiger partial charge in [0.05, 0.1) is 6.61 Å². The lowest BCUT2D eigenvalue weighted by molar-refractivity contribution is 0.327. The molecule has 0 saturated carbocycles. The maximum Gasteiger partial charge on any atom is 0.213 e. The zero-order valence-corrected chi connectivity index (χ0v) is 8.55. The first-order chi connectivity index (χ1) is 7.40. The van der Waals surface area contributed by atoms with Gasteiger partial charge in [0.2, 0.25) is 5.88 Å². The number of nitrogens with zero attached hydrogens (tertiary/aromatic N) is 2. The Hall–Kier alpha value is -1.90. The van der Waals surface area contributed by atoms with Gasteiger partial charge in [-0.1, -0.05) is 6.07 Å². The van der Waals surface area contributed by atoms with E-state index in [9.17, 15) is 0 Å². The van der Waals surface area contributed by atoms with E-state index in [4.69, 9.17) is 4.74 Å². The Labute approximate surface area is 88.8 Å². The van der Waals surface area contributed by atoms with E-state index in [1.54, 1.807) is 12.4 Å². The Bertz CT molecular complexity index is 411. The van der Waals surface area contributed by atoms with Gasteiger partial charge in [-0.2, -0.15) is 0 Å². The fourth-order valence-electron chi connectivity index (χ4n) is 1.32. The summed E-state index contributed by atoms with van der Waals surface area (Å²) in [5.41, 5.74) is 2.11. The summed E-state index contributed by atoms with van der Waals surface area (Å²) in [7, 11) is 0. The molecule has 0 amide bonds. The minimum absolute atomic E-state index is 0.638. The summed E-state index contributed by atoms with van der Waals surface area (Å²) in [6.45, 7) is 2.58. The Balaban J connectivity index is 2.24. The van der Waals surface area contributed by atoms with E-state index in [0.29, 0.717) is 12.5 Å². The molecule has 0 N–H and O–H groups in total. The van der Waals surface area contributed by atoms with Gasteiger partial charge in [-0.25, -0.2) is 4.98 Å². The molecule has 0 aliphatic rings. The number of hydrogen-bond donors (Lipinski definition) is 0. The first kappa shape index (κ1) is 9.65. The molecular formula is C12H12N2O. The summed E-state index contributed by atoms with van der Waals surface area (Å²) >= 11 is 0. The monoisotopic (exact) mass is 200 g/mol. The lowest BCUT2D eigenvalue weighted by Crippen LogP contribution is -1.93. The number of hydrogen-bond acceptors (Lipinski definition) is 3. The van der Waals surface area contributed by atoms with Gasteiger partial charge >= 0.3 is 0 Å². The van der Waals surface area contributed by atoms with Crippen molar-refractivity contribution in [1.29, 1.82) is 0 Å². The van der Waals surface area contributed by atoms with Crippen molar-refractivity contribution in [3.63, 3.8) is 0 Å². The number of pyridine rings is 2. The molecule has 2 aromatic rings.